The minimum absolute atomic E-state index is 0.0308. The van der Waals surface area contributed by atoms with Gasteiger partial charge in [0.2, 0.25) is 0 Å². The number of rotatable bonds is 6. The Balaban J connectivity index is 2.30. The summed E-state index contributed by atoms with van der Waals surface area (Å²) in [7, 11) is 3.06. The maximum atomic E-state index is 12.3. The average Bonchev–Trinajstić information content (AvgIpc) is 2.60. The summed E-state index contributed by atoms with van der Waals surface area (Å²) in [5, 5.41) is 19.5. The summed E-state index contributed by atoms with van der Waals surface area (Å²) < 4.78 is 10.4. The second kappa shape index (κ2) is 7.86. The largest absolute Gasteiger partial charge is 0.507 e. The van der Waals surface area contributed by atoms with Gasteiger partial charge in [0.15, 0.2) is 17.3 Å². The number of allylic oxidation sites excluding steroid dienone is 1. The van der Waals surface area contributed by atoms with Crippen LogP contribution in [0.15, 0.2) is 36.4 Å². The zero-order valence-corrected chi connectivity index (χ0v) is 14.0. The Hall–Kier alpha value is -2.50. The van der Waals surface area contributed by atoms with E-state index in [0.717, 1.165) is 5.56 Å². The zero-order valence-electron chi connectivity index (χ0n) is 13.2. The smallest absolute Gasteiger partial charge is 0.189 e. The van der Waals surface area contributed by atoms with Crippen LogP contribution in [0.3, 0.4) is 0 Å². The van der Waals surface area contributed by atoms with Crippen LogP contribution in [0.25, 0.3) is 6.08 Å². The van der Waals surface area contributed by atoms with Gasteiger partial charge in [0.1, 0.15) is 5.75 Å². The maximum absolute atomic E-state index is 12.3. The van der Waals surface area contributed by atoms with Crippen LogP contribution in [0, 0.1) is 0 Å². The first-order valence-corrected chi connectivity index (χ1v) is 7.44. The normalized spacial score (nSPS) is 10.8. The number of carbonyl (C=O) groups excluding carboxylic acids is 1. The van der Waals surface area contributed by atoms with Crippen LogP contribution in [0.2, 0.25) is 5.02 Å². The van der Waals surface area contributed by atoms with E-state index in [1.54, 1.807) is 24.3 Å². The lowest BCUT2D eigenvalue weighted by atomic mass is 10.0. The number of hydrogen-bond donors (Lipinski definition) is 2. The molecule has 24 heavy (non-hydrogen) atoms. The average molecular weight is 349 g/mol. The molecule has 0 aromatic heterocycles. The monoisotopic (exact) mass is 348 g/mol. The molecule has 126 valence electrons. The molecule has 2 aromatic carbocycles. The van der Waals surface area contributed by atoms with Crippen molar-refractivity contribution in [1.29, 1.82) is 0 Å². The third-order valence-electron chi connectivity index (χ3n) is 3.42. The van der Waals surface area contributed by atoms with E-state index < -0.39 is 12.4 Å². The van der Waals surface area contributed by atoms with E-state index >= 15 is 0 Å². The molecule has 2 aromatic rings. The molecule has 0 bridgehead atoms. The van der Waals surface area contributed by atoms with Gasteiger partial charge >= 0.3 is 0 Å². The van der Waals surface area contributed by atoms with E-state index in [4.69, 9.17) is 21.1 Å². The summed E-state index contributed by atoms with van der Waals surface area (Å²) in [6.07, 6.45) is 2.90. The predicted molar refractivity (Wildman–Crippen MR) is 92.0 cm³/mol. The van der Waals surface area contributed by atoms with Crippen LogP contribution in [-0.4, -0.2) is 30.2 Å². The molecule has 0 aliphatic heterocycles. The second-order valence-corrected chi connectivity index (χ2v) is 5.37. The van der Waals surface area contributed by atoms with E-state index in [-0.39, 0.29) is 21.9 Å². The van der Waals surface area contributed by atoms with Crippen molar-refractivity contribution in [2.45, 2.75) is 6.61 Å². The van der Waals surface area contributed by atoms with Crippen LogP contribution in [0.4, 0.5) is 0 Å². The number of phenols is 1. The van der Waals surface area contributed by atoms with Crippen LogP contribution in [0.1, 0.15) is 21.5 Å². The lowest BCUT2D eigenvalue weighted by Crippen LogP contribution is -1.98. The number of ketones is 1. The Morgan fingerprint density at radius 2 is 1.88 bits per heavy atom. The fourth-order valence-corrected chi connectivity index (χ4v) is 2.42. The first-order valence-electron chi connectivity index (χ1n) is 7.06. The summed E-state index contributed by atoms with van der Waals surface area (Å²) in [5.41, 5.74) is 0.957. The lowest BCUT2D eigenvalue weighted by Gasteiger charge is -2.08. The maximum Gasteiger partial charge on any atom is 0.189 e. The van der Waals surface area contributed by atoms with Gasteiger partial charge in [0.25, 0.3) is 0 Å². The van der Waals surface area contributed by atoms with Crippen LogP contribution < -0.4 is 9.47 Å². The van der Waals surface area contributed by atoms with Gasteiger partial charge in [-0.1, -0.05) is 23.7 Å². The summed E-state index contributed by atoms with van der Waals surface area (Å²) in [4.78, 5) is 12.3. The van der Waals surface area contributed by atoms with Crippen LogP contribution in [-0.2, 0) is 6.61 Å². The van der Waals surface area contributed by atoms with E-state index in [1.807, 2.05) is 0 Å². The molecular formula is C18H17ClO5. The molecule has 0 fully saturated rings. The molecule has 0 atom stereocenters. The topological polar surface area (TPSA) is 76.0 Å². The highest BCUT2D eigenvalue weighted by Gasteiger charge is 2.14. The quantitative estimate of drug-likeness (QED) is 0.617. The van der Waals surface area contributed by atoms with Gasteiger partial charge in [0.05, 0.1) is 26.4 Å². The molecular weight excluding hydrogens is 332 g/mol. The molecule has 0 unspecified atom stereocenters. The molecule has 6 heteroatoms. The Kier molecular flexibility index (Phi) is 5.84. The summed E-state index contributed by atoms with van der Waals surface area (Å²) in [5.74, 6) is 0.421. The highest BCUT2D eigenvalue weighted by Crippen LogP contribution is 2.29. The van der Waals surface area contributed by atoms with Crippen LogP contribution in [0.5, 0.6) is 17.2 Å². The van der Waals surface area contributed by atoms with Crippen molar-refractivity contribution in [2.24, 2.45) is 0 Å². The van der Waals surface area contributed by atoms with Crippen molar-refractivity contribution in [2.75, 3.05) is 14.2 Å². The number of methoxy groups -OCH3 is 2. The van der Waals surface area contributed by atoms with Crippen molar-refractivity contribution in [3.8, 4) is 17.2 Å². The van der Waals surface area contributed by atoms with Crippen molar-refractivity contribution < 1.29 is 24.5 Å². The Labute approximate surface area is 144 Å². The SMILES string of the molecule is COc1ccc(/C=C/C(=O)c2cc(Cl)cc(CO)c2O)cc1OC. The number of aromatic hydroxyl groups is 1. The predicted octanol–water partition coefficient (Wildman–Crippen LogP) is 3.45. The van der Waals surface area contributed by atoms with Crippen molar-refractivity contribution in [3.63, 3.8) is 0 Å². The van der Waals surface area contributed by atoms with E-state index in [9.17, 15) is 15.0 Å². The summed E-state index contributed by atoms with van der Waals surface area (Å²) in [6.45, 7) is -0.411. The number of benzene rings is 2. The lowest BCUT2D eigenvalue weighted by molar-refractivity contribution is 0.104. The summed E-state index contributed by atoms with van der Waals surface area (Å²) in [6, 6.07) is 7.98. The highest BCUT2D eigenvalue weighted by atomic mass is 35.5. The molecule has 2 rings (SSSR count). The van der Waals surface area contributed by atoms with Gasteiger partial charge in [-0.25, -0.2) is 0 Å². The molecule has 2 N–H and O–H groups in total. The fourth-order valence-electron chi connectivity index (χ4n) is 2.18. The molecule has 0 aliphatic rings. The molecule has 0 aliphatic carbocycles. The van der Waals surface area contributed by atoms with Gasteiger partial charge in [-0.05, 0) is 35.9 Å². The number of aliphatic hydroxyl groups excluding tert-OH is 1. The molecule has 0 saturated heterocycles. The minimum Gasteiger partial charge on any atom is -0.507 e. The standard InChI is InChI=1S/C18H17ClO5/c1-23-16-6-4-11(7-17(16)24-2)3-5-15(21)14-9-13(19)8-12(10-20)18(14)22/h3-9,20,22H,10H2,1-2H3/b5-3+. The van der Waals surface area contributed by atoms with Gasteiger partial charge in [-0.15, -0.1) is 0 Å². The molecule has 0 heterocycles. The number of ether oxygens (including phenoxy) is 2. The van der Waals surface area contributed by atoms with Crippen molar-refractivity contribution in [3.05, 3.63) is 58.1 Å². The minimum atomic E-state index is -0.431. The number of aliphatic hydroxyl groups is 1. The van der Waals surface area contributed by atoms with Crippen molar-refractivity contribution >= 4 is 23.5 Å². The number of hydrogen-bond acceptors (Lipinski definition) is 5. The zero-order chi connectivity index (χ0) is 17.7. The molecule has 0 radical (unpaired) electrons. The number of halogens is 1. The highest BCUT2D eigenvalue weighted by molar-refractivity contribution is 6.31. The first-order chi connectivity index (χ1) is 11.5. The van der Waals surface area contributed by atoms with E-state index in [1.165, 1.54) is 32.4 Å². The van der Waals surface area contributed by atoms with Crippen LogP contribution >= 0.6 is 11.6 Å². The molecule has 0 spiro atoms. The molecule has 0 amide bonds. The molecule has 0 saturated carbocycles. The van der Waals surface area contributed by atoms with Gasteiger partial charge in [0, 0.05) is 10.6 Å². The Bertz CT molecular complexity index is 783. The van der Waals surface area contributed by atoms with E-state index in [0.29, 0.717) is 11.5 Å². The Morgan fingerprint density at radius 3 is 2.50 bits per heavy atom. The third kappa shape index (κ3) is 3.88. The summed E-state index contributed by atoms with van der Waals surface area (Å²) >= 11 is 5.91. The number of carbonyl (C=O) groups is 1. The van der Waals surface area contributed by atoms with Crippen molar-refractivity contribution in [1.82, 2.24) is 0 Å². The first kappa shape index (κ1) is 17.8. The van der Waals surface area contributed by atoms with E-state index in [2.05, 4.69) is 0 Å². The Morgan fingerprint density at radius 1 is 1.17 bits per heavy atom. The molecule has 5 nitrogen and oxygen atoms in total. The van der Waals surface area contributed by atoms with Gasteiger partial charge in [-0.3, -0.25) is 4.79 Å². The van der Waals surface area contributed by atoms with Gasteiger partial charge in [-0.2, -0.15) is 0 Å². The van der Waals surface area contributed by atoms with Gasteiger partial charge < -0.3 is 19.7 Å². The second-order valence-electron chi connectivity index (χ2n) is 4.93. The third-order valence-corrected chi connectivity index (χ3v) is 3.64. The fraction of sp³-hybridized carbons (Fsp3) is 0.167.